The van der Waals surface area contributed by atoms with Crippen LogP contribution in [-0.2, 0) is 4.79 Å². The van der Waals surface area contributed by atoms with Crippen LogP contribution in [0.15, 0.2) is 12.7 Å². The zero-order valence-electron chi connectivity index (χ0n) is 8.93. The standard InChI is InChI=1S/C10H16N2O4/c1-2-5-12(7-3-4-7)10(16)11-8(6-13)9(14)15/h2,7-8,13H,1,3-6H2,(H,11,16)(H,14,15)/t8-/m0/s1. The molecule has 0 aliphatic heterocycles. The third kappa shape index (κ3) is 3.23. The Balaban J connectivity index is 2.53. The highest BCUT2D eigenvalue weighted by molar-refractivity contribution is 5.83. The number of carboxylic acids is 1. The van der Waals surface area contributed by atoms with E-state index in [2.05, 4.69) is 11.9 Å². The van der Waals surface area contributed by atoms with Gasteiger partial charge in [-0.05, 0) is 12.8 Å². The molecule has 90 valence electrons. The van der Waals surface area contributed by atoms with E-state index < -0.39 is 24.6 Å². The molecule has 2 amide bonds. The number of urea groups is 1. The molecule has 0 radical (unpaired) electrons. The van der Waals surface area contributed by atoms with Crippen molar-refractivity contribution in [1.82, 2.24) is 10.2 Å². The largest absolute Gasteiger partial charge is 0.480 e. The minimum absolute atomic E-state index is 0.172. The van der Waals surface area contributed by atoms with Crippen molar-refractivity contribution >= 4 is 12.0 Å². The molecule has 1 fully saturated rings. The summed E-state index contributed by atoms with van der Waals surface area (Å²) in [5.41, 5.74) is 0. The molecule has 0 heterocycles. The Morgan fingerprint density at radius 1 is 1.56 bits per heavy atom. The molecule has 1 atom stereocenters. The third-order valence-electron chi connectivity index (χ3n) is 2.35. The molecule has 1 aliphatic carbocycles. The lowest BCUT2D eigenvalue weighted by Gasteiger charge is -2.23. The SMILES string of the molecule is C=CCN(C(=O)N[C@@H](CO)C(=O)O)C1CC1. The number of amides is 2. The summed E-state index contributed by atoms with van der Waals surface area (Å²) < 4.78 is 0. The van der Waals surface area contributed by atoms with E-state index >= 15 is 0 Å². The Labute approximate surface area is 93.5 Å². The van der Waals surface area contributed by atoms with Gasteiger partial charge in [-0.25, -0.2) is 9.59 Å². The maximum absolute atomic E-state index is 11.7. The number of rotatable bonds is 6. The lowest BCUT2D eigenvalue weighted by molar-refractivity contribution is -0.140. The Bertz CT molecular complexity index is 289. The van der Waals surface area contributed by atoms with Crippen molar-refractivity contribution in [3.63, 3.8) is 0 Å². The number of carboxylic acid groups (broad SMARTS) is 1. The van der Waals surface area contributed by atoms with Crippen LogP contribution in [0.25, 0.3) is 0 Å². The molecule has 6 heteroatoms. The van der Waals surface area contributed by atoms with Gasteiger partial charge in [0.05, 0.1) is 6.61 Å². The summed E-state index contributed by atoms with van der Waals surface area (Å²) >= 11 is 0. The summed E-state index contributed by atoms with van der Waals surface area (Å²) in [6.45, 7) is 3.31. The monoisotopic (exact) mass is 228 g/mol. The molecule has 0 aromatic heterocycles. The van der Waals surface area contributed by atoms with E-state index in [1.54, 1.807) is 6.08 Å². The predicted molar refractivity (Wildman–Crippen MR) is 57.0 cm³/mol. The molecule has 1 aliphatic rings. The van der Waals surface area contributed by atoms with Crippen LogP contribution in [0.2, 0.25) is 0 Å². The van der Waals surface area contributed by atoms with Crippen LogP contribution in [-0.4, -0.2) is 52.3 Å². The van der Waals surface area contributed by atoms with Gasteiger partial charge in [0.2, 0.25) is 0 Å². The second kappa shape index (κ2) is 5.50. The van der Waals surface area contributed by atoms with Crippen LogP contribution in [0.4, 0.5) is 4.79 Å². The van der Waals surface area contributed by atoms with Gasteiger partial charge >= 0.3 is 12.0 Å². The molecule has 0 spiro atoms. The third-order valence-corrected chi connectivity index (χ3v) is 2.35. The highest BCUT2D eigenvalue weighted by atomic mass is 16.4. The van der Waals surface area contributed by atoms with E-state index in [9.17, 15) is 9.59 Å². The van der Waals surface area contributed by atoms with Crippen LogP contribution in [0.5, 0.6) is 0 Å². The first kappa shape index (κ1) is 12.5. The van der Waals surface area contributed by atoms with Crippen molar-refractivity contribution in [3.8, 4) is 0 Å². The van der Waals surface area contributed by atoms with Crippen molar-refractivity contribution in [2.45, 2.75) is 24.9 Å². The number of aliphatic hydroxyl groups is 1. The molecular formula is C10H16N2O4. The summed E-state index contributed by atoms with van der Waals surface area (Å²) in [5.74, 6) is -1.25. The summed E-state index contributed by atoms with van der Waals surface area (Å²) in [4.78, 5) is 23.8. The van der Waals surface area contributed by atoms with Crippen molar-refractivity contribution in [3.05, 3.63) is 12.7 Å². The van der Waals surface area contributed by atoms with Gasteiger partial charge in [-0.3, -0.25) is 0 Å². The van der Waals surface area contributed by atoms with Crippen LogP contribution < -0.4 is 5.32 Å². The van der Waals surface area contributed by atoms with E-state index in [1.807, 2.05) is 0 Å². The Kier molecular flexibility index (Phi) is 4.30. The number of aliphatic hydroxyl groups excluding tert-OH is 1. The van der Waals surface area contributed by atoms with Crippen LogP contribution in [0.1, 0.15) is 12.8 Å². The second-order valence-corrected chi connectivity index (χ2v) is 3.70. The Hall–Kier alpha value is -1.56. The first-order chi connectivity index (χ1) is 7.60. The normalized spacial score (nSPS) is 16.3. The highest BCUT2D eigenvalue weighted by Crippen LogP contribution is 2.26. The molecule has 0 aromatic carbocycles. The molecule has 0 aromatic rings. The first-order valence-electron chi connectivity index (χ1n) is 5.11. The minimum Gasteiger partial charge on any atom is -0.480 e. The van der Waals surface area contributed by atoms with Gasteiger partial charge in [-0.1, -0.05) is 6.08 Å². The summed E-state index contributed by atoms with van der Waals surface area (Å²) in [6, 6.07) is -1.55. The molecule has 6 nitrogen and oxygen atoms in total. The topological polar surface area (TPSA) is 89.9 Å². The lowest BCUT2D eigenvalue weighted by Crippen LogP contribution is -2.50. The molecular weight excluding hydrogens is 212 g/mol. The predicted octanol–water partition coefficient (Wildman–Crippen LogP) is -0.208. The van der Waals surface area contributed by atoms with Gasteiger partial charge < -0.3 is 20.4 Å². The number of carbonyl (C=O) groups excluding carboxylic acids is 1. The zero-order chi connectivity index (χ0) is 12.1. The number of nitrogens with one attached hydrogen (secondary N) is 1. The van der Waals surface area contributed by atoms with Crippen LogP contribution >= 0.6 is 0 Å². The maximum atomic E-state index is 11.7. The quantitative estimate of drug-likeness (QED) is 0.549. The Morgan fingerprint density at radius 2 is 2.19 bits per heavy atom. The fourth-order valence-electron chi connectivity index (χ4n) is 1.34. The molecule has 0 unspecified atom stereocenters. The van der Waals surface area contributed by atoms with E-state index in [-0.39, 0.29) is 6.04 Å². The number of hydrogen-bond donors (Lipinski definition) is 3. The van der Waals surface area contributed by atoms with Gasteiger partial charge in [0.25, 0.3) is 0 Å². The van der Waals surface area contributed by atoms with Gasteiger partial charge in [0.1, 0.15) is 0 Å². The van der Waals surface area contributed by atoms with E-state index in [0.29, 0.717) is 6.54 Å². The summed E-state index contributed by atoms with van der Waals surface area (Å²) in [7, 11) is 0. The molecule has 1 saturated carbocycles. The van der Waals surface area contributed by atoms with E-state index in [4.69, 9.17) is 10.2 Å². The molecule has 16 heavy (non-hydrogen) atoms. The zero-order valence-corrected chi connectivity index (χ0v) is 8.93. The number of hydrogen-bond acceptors (Lipinski definition) is 3. The smallest absolute Gasteiger partial charge is 0.328 e. The van der Waals surface area contributed by atoms with Gasteiger partial charge in [-0.2, -0.15) is 0 Å². The second-order valence-electron chi connectivity index (χ2n) is 3.70. The fourth-order valence-corrected chi connectivity index (χ4v) is 1.34. The highest BCUT2D eigenvalue weighted by Gasteiger charge is 2.33. The minimum atomic E-state index is -1.25. The maximum Gasteiger partial charge on any atom is 0.328 e. The van der Waals surface area contributed by atoms with Gasteiger partial charge in [0.15, 0.2) is 6.04 Å². The fraction of sp³-hybridized carbons (Fsp3) is 0.600. The molecule has 1 rings (SSSR count). The average Bonchev–Trinajstić information content (AvgIpc) is 3.05. The molecule has 3 N–H and O–H groups in total. The van der Waals surface area contributed by atoms with E-state index in [1.165, 1.54) is 4.90 Å². The number of carbonyl (C=O) groups is 2. The first-order valence-corrected chi connectivity index (χ1v) is 5.11. The Morgan fingerprint density at radius 3 is 2.56 bits per heavy atom. The summed E-state index contributed by atoms with van der Waals surface area (Å²) in [5, 5.41) is 19.7. The van der Waals surface area contributed by atoms with Gasteiger partial charge in [0, 0.05) is 12.6 Å². The number of aliphatic carboxylic acids is 1. The molecule has 0 saturated heterocycles. The van der Waals surface area contributed by atoms with Crippen molar-refractivity contribution in [2.24, 2.45) is 0 Å². The lowest BCUT2D eigenvalue weighted by atomic mass is 10.3. The van der Waals surface area contributed by atoms with Crippen molar-refractivity contribution in [2.75, 3.05) is 13.2 Å². The van der Waals surface area contributed by atoms with Gasteiger partial charge in [-0.15, -0.1) is 6.58 Å². The number of nitrogens with zero attached hydrogens (tertiary/aromatic N) is 1. The van der Waals surface area contributed by atoms with Crippen LogP contribution in [0, 0.1) is 0 Å². The average molecular weight is 228 g/mol. The van der Waals surface area contributed by atoms with Crippen LogP contribution in [0.3, 0.4) is 0 Å². The summed E-state index contributed by atoms with van der Waals surface area (Å²) in [6.07, 6.45) is 3.45. The molecule has 0 bridgehead atoms. The van der Waals surface area contributed by atoms with E-state index in [0.717, 1.165) is 12.8 Å². The van der Waals surface area contributed by atoms with Crippen molar-refractivity contribution in [1.29, 1.82) is 0 Å². The van der Waals surface area contributed by atoms with Crippen molar-refractivity contribution < 1.29 is 19.8 Å².